The topological polar surface area (TPSA) is 123 Å². The van der Waals surface area contributed by atoms with Crippen molar-refractivity contribution in [3.05, 3.63) is 60.0 Å². The zero-order chi connectivity index (χ0) is 21.5. The summed E-state index contributed by atoms with van der Waals surface area (Å²) in [5.74, 6) is -0.220. The van der Waals surface area contributed by atoms with E-state index in [1.165, 1.54) is 19.4 Å². The van der Waals surface area contributed by atoms with Crippen molar-refractivity contribution >= 4 is 32.4 Å². The van der Waals surface area contributed by atoms with E-state index in [9.17, 15) is 12.8 Å². The Morgan fingerprint density at radius 1 is 1.17 bits per heavy atom. The Kier molecular flexibility index (Phi) is 4.78. The molecule has 154 valence electrons. The molecule has 0 fully saturated rings. The van der Waals surface area contributed by atoms with Crippen LogP contribution < -0.4 is 15.2 Å². The van der Waals surface area contributed by atoms with Gasteiger partial charge in [0.15, 0.2) is 5.82 Å². The number of aromatic nitrogens is 3. The molecule has 0 radical (unpaired) electrons. The summed E-state index contributed by atoms with van der Waals surface area (Å²) in [5, 5.41) is 7.73. The molecule has 10 heteroatoms. The molecule has 0 spiro atoms. The lowest BCUT2D eigenvalue weighted by atomic mass is 10.0. The molecule has 2 aromatic carbocycles. The van der Waals surface area contributed by atoms with Crippen LogP contribution in [-0.2, 0) is 10.0 Å². The van der Waals surface area contributed by atoms with Gasteiger partial charge in [0.1, 0.15) is 16.5 Å². The van der Waals surface area contributed by atoms with Gasteiger partial charge in [-0.1, -0.05) is 0 Å². The van der Waals surface area contributed by atoms with Crippen LogP contribution in [-0.4, -0.2) is 30.7 Å². The molecule has 0 unspecified atom stereocenters. The molecule has 4 N–H and O–H groups in total. The molecule has 8 nitrogen and oxygen atoms in total. The number of pyridine rings is 1. The largest absolute Gasteiger partial charge is 0.497 e. The van der Waals surface area contributed by atoms with Crippen molar-refractivity contribution in [1.82, 2.24) is 15.2 Å². The van der Waals surface area contributed by atoms with Crippen LogP contribution in [0.3, 0.4) is 0 Å². The third-order valence-electron chi connectivity index (χ3n) is 4.63. The highest BCUT2D eigenvalue weighted by atomic mass is 32.2. The Hall–Kier alpha value is -3.66. The van der Waals surface area contributed by atoms with Gasteiger partial charge in [-0.25, -0.2) is 12.8 Å². The molecule has 0 atom stereocenters. The third kappa shape index (κ3) is 3.52. The van der Waals surface area contributed by atoms with E-state index in [4.69, 9.17) is 10.5 Å². The molecule has 4 rings (SSSR count). The number of nitrogens with two attached hydrogens (primary N) is 1. The molecule has 2 aromatic heterocycles. The zero-order valence-electron chi connectivity index (χ0n) is 16.1. The fourth-order valence-electron chi connectivity index (χ4n) is 3.19. The average molecular weight is 427 g/mol. The fraction of sp³-hybridized carbons (Fsp3) is 0.100. The van der Waals surface area contributed by atoms with Crippen molar-refractivity contribution in [2.75, 3.05) is 17.6 Å². The van der Waals surface area contributed by atoms with E-state index in [0.717, 1.165) is 34.2 Å². The lowest BCUT2D eigenvalue weighted by Gasteiger charge is -2.11. The first kappa shape index (κ1) is 19.6. The fourth-order valence-corrected chi connectivity index (χ4v) is 4.33. The standard InChI is InChI=1S/C20H18FN5O3S/c1-11-7-12(8-17-19(11)20(22)25-24-17)16-6-3-13(10-23-16)26-30(27,28)18-9-14(29-2)4-5-15(18)21/h3-10,26H,1-2H3,(H3,22,24,25). The number of nitrogens with zero attached hydrogens (tertiary/aromatic N) is 2. The number of nitrogens with one attached hydrogen (secondary N) is 2. The van der Waals surface area contributed by atoms with E-state index < -0.39 is 20.7 Å². The van der Waals surface area contributed by atoms with Crippen LogP contribution >= 0.6 is 0 Å². The van der Waals surface area contributed by atoms with Crippen molar-refractivity contribution < 1.29 is 17.5 Å². The first-order valence-electron chi connectivity index (χ1n) is 8.85. The number of fused-ring (bicyclic) bond motifs is 1. The van der Waals surface area contributed by atoms with Gasteiger partial charge in [0.2, 0.25) is 0 Å². The molecule has 0 saturated heterocycles. The minimum absolute atomic E-state index is 0.199. The second-order valence-electron chi connectivity index (χ2n) is 6.66. The summed E-state index contributed by atoms with van der Waals surface area (Å²) in [6.45, 7) is 1.92. The quantitative estimate of drug-likeness (QED) is 0.448. The van der Waals surface area contributed by atoms with Gasteiger partial charge in [0.05, 0.1) is 30.2 Å². The number of hydrogen-bond acceptors (Lipinski definition) is 6. The zero-order valence-corrected chi connectivity index (χ0v) is 16.9. The molecule has 2 heterocycles. The number of hydrogen-bond donors (Lipinski definition) is 3. The first-order chi connectivity index (χ1) is 14.3. The predicted molar refractivity (Wildman–Crippen MR) is 112 cm³/mol. The van der Waals surface area contributed by atoms with E-state index in [-0.39, 0.29) is 11.4 Å². The molecular formula is C20H18FN5O3S. The number of methoxy groups -OCH3 is 1. The van der Waals surface area contributed by atoms with Crippen molar-refractivity contribution in [3.8, 4) is 17.0 Å². The Labute approximate surface area is 172 Å². The third-order valence-corrected chi connectivity index (χ3v) is 6.02. The summed E-state index contributed by atoms with van der Waals surface area (Å²) in [6, 6.07) is 10.5. The number of halogens is 1. The summed E-state index contributed by atoms with van der Waals surface area (Å²) < 4.78 is 46.5. The van der Waals surface area contributed by atoms with E-state index in [1.54, 1.807) is 12.1 Å². The molecular weight excluding hydrogens is 409 g/mol. The number of H-pyrrole nitrogens is 1. The number of anilines is 2. The van der Waals surface area contributed by atoms with Crippen molar-refractivity contribution in [2.24, 2.45) is 0 Å². The van der Waals surface area contributed by atoms with Crippen LogP contribution in [0.1, 0.15) is 5.56 Å². The van der Waals surface area contributed by atoms with Gasteiger partial charge >= 0.3 is 0 Å². The van der Waals surface area contributed by atoms with Crippen LogP contribution in [0.25, 0.3) is 22.2 Å². The Morgan fingerprint density at radius 3 is 2.67 bits per heavy atom. The lowest BCUT2D eigenvalue weighted by Crippen LogP contribution is -2.15. The predicted octanol–water partition coefficient (Wildman–Crippen LogP) is 3.46. The number of aryl methyl sites for hydroxylation is 1. The van der Waals surface area contributed by atoms with Crippen LogP contribution in [0.15, 0.2) is 53.6 Å². The van der Waals surface area contributed by atoms with Gasteiger partial charge in [-0.05, 0) is 48.9 Å². The second kappa shape index (κ2) is 7.30. The summed E-state index contributed by atoms with van der Waals surface area (Å²) in [6.07, 6.45) is 1.37. The van der Waals surface area contributed by atoms with Crippen molar-refractivity contribution in [3.63, 3.8) is 0 Å². The van der Waals surface area contributed by atoms with Gasteiger partial charge in [-0.15, -0.1) is 0 Å². The monoisotopic (exact) mass is 427 g/mol. The maximum absolute atomic E-state index is 14.0. The number of sulfonamides is 1. The van der Waals surface area contributed by atoms with Crippen molar-refractivity contribution in [2.45, 2.75) is 11.8 Å². The summed E-state index contributed by atoms with van der Waals surface area (Å²) >= 11 is 0. The second-order valence-corrected chi connectivity index (χ2v) is 8.31. The summed E-state index contributed by atoms with van der Waals surface area (Å²) in [4.78, 5) is 3.82. The summed E-state index contributed by atoms with van der Waals surface area (Å²) in [7, 11) is -2.79. The number of aromatic amines is 1. The first-order valence-corrected chi connectivity index (χ1v) is 10.3. The maximum atomic E-state index is 14.0. The van der Waals surface area contributed by atoms with Gasteiger partial charge < -0.3 is 10.5 Å². The SMILES string of the molecule is COc1ccc(F)c(S(=O)(=O)Nc2ccc(-c3cc(C)c4c(N)n[nH]c4c3)nc2)c1. The number of nitrogen functional groups attached to an aromatic ring is 1. The molecule has 0 aliphatic heterocycles. The highest BCUT2D eigenvalue weighted by molar-refractivity contribution is 7.92. The Balaban J connectivity index is 1.63. The van der Waals surface area contributed by atoms with Crippen LogP contribution in [0.5, 0.6) is 5.75 Å². The molecule has 4 aromatic rings. The molecule has 0 aliphatic rings. The van der Waals surface area contributed by atoms with E-state index >= 15 is 0 Å². The Bertz CT molecular complexity index is 1350. The Morgan fingerprint density at radius 2 is 1.97 bits per heavy atom. The molecule has 0 bridgehead atoms. The maximum Gasteiger partial charge on any atom is 0.265 e. The molecule has 0 amide bonds. The number of rotatable bonds is 5. The minimum Gasteiger partial charge on any atom is -0.497 e. The highest BCUT2D eigenvalue weighted by Crippen LogP contribution is 2.29. The van der Waals surface area contributed by atoms with E-state index in [0.29, 0.717) is 11.5 Å². The van der Waals surface area contributed by atoms with Crippen LogP contribution in [0.4, 0.5) is 15.9 Å². The van der Waals surface area contributed by atoms with Gasteiger partial charge in [-0.3, -0.25) is 14.8 Å². The van der Waals surface area contributed by atoms with E-state index in [1.807, 2.05) is 19.1 Å². The average Bonchev–Trinajstić information content (AvgIpc) is 3.10. The molecule has 0 saturated carbocycles. The normalized spacial score (nSPS) is 11.6. The summed E-state index contributed by atoms with van der Waals surface area (Å²) in [5.41, 5.74) is 9.23. The smallest absolute Gasteiger partial charge is 0.265 e. The van der Waals surface area contributed by atoms with Crippen LogP contribution in [0.2, 0.25) is 0 Å². The van der Waals surface area contributed by atoms with Gasteiger partial charge in [0, 0.05) is 17.0 Å². The lowest BCUT2D eigenvalue weighted by molar-refractivity contribution is 0.411. The minimum atomic E-state index is -4.16. The van der Waals surface area contributed by atoms with Gasteiger partial charge in [0.25, 0.3) is 10.0 Å². The number of benzene rings is 2. The van der Waals surface area contributed by atoms with Gasteiger partial charge in [-0.2, -0.15) is 5.10 Å². The number of ether oxygens (including phenoxy) is 1. The molecule has 0 aliphatic carbocycles. The van der Waals surface area contributed by atoms with Crippen molar-refractivity contribution in [1.29, 1.82) is 0 Å². The van der Waals surface area contributed by atoms with E-state index in [2.05, 4.69) is 19.9 Å². The van der Waals surface area contributed by atoms with Crippen LogP contribution in [0, 0.1) is 12.7 Å². The molecule has 30 heavy (non-hydrogen) atoms. The highest BCUT2D eigenvalue weighted by Gasteiger charge is 2.20.